The third-order valence-corrected chi connectivity index (χ3v) is 2.90. The number of aryl methyl sites for hydroxylation is 1. The normalized spacial score (nSPS) is 12.6. The van der Waals surface area contributed by atoms with E-state index in [9.17, 15) is 9.18 Å². The Labute approximate surface area is 98.0 Å². The zero-order valence-electron chi connectivity index (χ0n) is 9.05. The first-order valence-corrected chi connectivity index (χ1v) is 5.14. The molecule has 0 saturated carbocycles. The van der Waals surface area contributed by atoms with Gasteiger partial charge in [0.1, 0.15) is 11.9 Å². The smallest absolute Gasteiger partial charge is 0.320 e. The molecule has 3 nitrogen and oxygen atoms in total. The number of benzene rings is 1. The summed E-state index contributed by atoms with van der Waals surface area (Å²) >= 11 is 5.90. The number of aliphatic carboxylic acids is 1. The molecule has 1 atom stereocenters. The van der Waals surface area contributed by atoms with Crippen molar-refractivity contribution >= 4 is 17.6 Å². The fourth-order valence-corrected chi connectivity index (χ4v) is 1.74. The van der Waals surface area contributed by atoms with Gasteiger partial charge < -0.3 is 10.8 Å². The van der Waals surface area contributed by atoms with Crippen molar-refractivity contribution in [1.29, 1.82) is 0 Å². The highest BCUT2D eigenvalue weighted by Crippen LogP contribution is 2.25. The Morgan fingerprint density at radius 1 is 1.62 bits per heavy atom. The molecule has 0 radical (unpaired) electrons. The van der Waals surface area contributed by atoms with Gasteiger partial charge >= 0.3 is 5.97 Å². The molecule has 0 heterocycles. The zero-order valence-corrected chi connectivity index (χ0v) is 9.81. The maximum atomic E-state index is 13.8. The van der Waals surface area contributed by atoms with Crippen molar-refractivity contribution in [3.63, 3.8) is 0 Å². The van der Waals surface area contributed by atoms with Crippen molar-refractivity contribution < 1.29 is 14.3 Å². The maximum Gasteiger partial charge on any atom is 0.320 e. The van der Waals surface area contributed by atoms with Crippen molar-refractivity contribution in [1.82, 2.24) is 0 Å². The zero-order chi connectivity index (χ0) is 12.5. The Balaban J connectivity index is 3.17. The van der Waals surface area contributed by atoms with Gasteiger partial charge in [0.05, 0.1) is 0 Å². The minimum absolute atomic E-state index is 0.0611. The highest BCUT2D eigenvalue weighted by molar-refractivity contribution is 6.31. The van der Waals surface area contributed by atoms with Gasteiger partial charge in [-0.3, -0.25) is 4.79 Å². The molecule has 1 rings (SSSR count). The number of hydrogen-bond acceptors (Lipinski definition) is 2. The van der Waals surface area contributed by atoms with E-state index in [0.29, 0.717) is 16.1 Å². The Bertz CT molecular complexity index is 408. The molecule has 1 aromatic rings. The molecule has 0 aliphatic rings. The third-order valence-electron chi connectivity index (χ3n) is 2.51. The highest BCUT2D eigenvalue weighted by Gasteiger charge is 2.19. The van der Waals surface area contributed by atoms with Crippen LogP contribution in [-0.2, 0) is 11.2 Å². The van der Waals surface area contributed by atoms with E-state index in [2.05, 4.69) is 0 Å². The standard InChI is InChI=1S/C11H13ClFNO2/c1-5-3-8(12)6(2)7(10(5)13)4-9(14)11(15)16/h3,9H,4,14H2,1-2H3,(H,15,16). The summed E-state index contributed by atoms with van der Waals surface area (Å²) in [6.45, 7) is 3.23. The molecule has 16 heavy (non-hydrogen) atoms. The van der Waals surface area contributed by atoms with Crippen LogP contribution in [0.4, 0.5) is 4.39 Å². The first-order valence-electron chi connectivity index (χ1n) is 4.77. The molecular weight excluding hydrogens is 233 g/mol. The maximum absolute atomic E-state index is 13.8. The van der Waals surface area contributed by atoms with Crippen molar-refractivity contribution in [2.75, 3.05) is 0 Å². The van der Waals surface area contributed by atoms with Gasteiger partial charge in [0, 0.05) is 11.4 Å². The summed E-state index contributed by atoms with van der Waals surface area (Å²) in [5, 5.41) is 9.11. The van der Waals surface area contributed by atoms with Gasteiger partial charge in [-0.15, -0.1) is 0 Å². The molecule has 88 valence electrons. The molecular formula is C11H13ClFNO2. The number of halogens is 2. The van der Waals surface area contributed by atoms with Crippen LogP contribution >= 0.6 is 11.6 Å². The largest absolute Gasteiger partial charge is 0.480 e. The Morgan fingerprint density at radius 2 is 2.19 bits per heavy atom. The molecule has 0 aliphatic heterocycles. The number of rotatable bonds is 3. The van der Waals surface area contributed by atoms with E-state index in [0.717, 1.165) is 0 Å². The molecule has 0 fully saturated rings. The van der Waals surface area contributed by atoms with E-state index >= 15 is 0 Å². The van der Waals surface area contributed by atoms with Gasteiger partial charge in [0.25, 0.3) is 0 Å². The fourth-order valence-electron chi connectivity index (χ4n) is 1.46. The molecule has 0 bridgehead atoms. The lowest BCUT2D eigenvalue weighted by molar-refractivity contribution is -0.138. The van der Waals surface area contributed by atoms with Gasteiger partial charge in [-0.2, -0.15) is 0 Å². The fraction of sp³-hybridized carbons (Fsp3) is 0.364. The minimum atomic E-state index is -1.16. The van der Waals surface area contributed by atoms with Crippen molar-refractivity contribution in [2.24, 2.45) is 5.73 Å². The van der Waals surface area contributed by atoms with Gasteiger partial charge in [-0.25, -0.2) is 4.39 Å². The van der Waals surface area contributed by atoms with E-state index in [4.69, 9.17) is 22.4 Å². The molecule has 0 aromatic heterocycles. The molecule has 0 saturated heterocycles. The average Bonchev–Trinajstić information content (AvgIpc) is 2.21. The molecule has 1 unspecified atom stereocenters. The summed E-state index contributed by atoms with van der Waals surface area (Å²) in [7, 11) is 0. The first kappa shape index (κ1) is 12.9. The van der Waals surface area contributed by atoms with Crippen molar-refractivity contribution in [3.05, 3.63) is 33.6 Å². The number of carbonyl (C=O) groups is 1. The monoisotopic (exact) mass is 245 g/mol. The minimum Gasteiger partial charge on any atom is -0.480 e. The van der Waals surface area contributed by atoms with Crippen molar-refractivity contribution in [2.45, 2.75) is 26.3 Å². The summed E-state index contributed by atoms with van der Waals surface area (Å²) in [6.07, 6.45) is -0.0611. The van der Waals surface area contributed by atoms with Crippen LogP contribution < -0.4 is 5.73 Å². The highest BCUT2D eigenvalue weighted by atomic mass is 35.5. The Morgan fingerprint density at radius 3 is 2.69 bits per heavy atom. The summed E-state index contributed by atoms with van der Waals surface area (Å²) in [5.41, 5.74) is 6.59. The number of nitrogens with two attached hydrogens (primary N) is 1. The number of carboxylic acids is 1. The molecule has 5 heteroatoms. The third kappa shape index (κ3) is 2.51. The van der Waals surface area contributed by atoms with E-state index in [1.165, 1.54) is 6.07 Å². The molecule has 1 aromatic carbocycles. The van der Waals surface area contributed by atoms with Gasteiger partial charge in [0.2, 0.25) is 0 Å². The van der Waals surface area contributed by atoms with Gasteiger partial charge in [-0.1, -0.05) is 11.6 Å². The lowest BCUT2D eigenvalue weighted by Gasteiger charge is -2.13. The quantitative estimate of drug-likeness (QED) is 0.857. The molecule has 3 N–H and O–H groups in total. The second kappa shape index (κ2) is 4.80. The van der Waals surface area contributed by atoms with Crippen LogP contribution in [0.2, 0.25) is 5.02 Å². The lowest BCUT2D eigenvalue weighted by atomic mass is 9.98. The molecule has 0 spiro atoms. The van der Waals surface area contributed by atoms with E-state index in [-0.39, 0.29) is 12.0 Å². The predicted octanol–water partition coefficient (Wildman–Crippen LogP) is 2.05. The number of hydrogen-bond donors (Lipinski definition) is 2. The second-order valence-corrected chi connectivity index (χ2v) is 4.15. The van der Waals surface area contributed by atoms with Crippen LogP contribution in [0.3, 0.4) is 0 Å². The van der Waals surface area contributed by atoms with Crippen LogP contribution in [0.25, 0.3) is 0 Å². The van der Waals surface area contributed by atoms with E-state index in [1.807, 2.05) is 0 Å². The van der Waals surface area contributed by atoms with E-state index in [1.54, 1.807) is 13.8 Å². The van der Waals surface area contributed by atoms with Gasteiger partial charge in [0.15, 0.2) is 0 Å². The van der Waals surface area contributed by atoms with Gasteiger partial charge in [-0.05, 0) is 36.6 Å². The van der Waals surface area contributed by atoms with Crippen LogP contribution in [0.5, 0.6) is 0 Å². The Kier molecular flexibility index (Phi) is 3.88. The van der Waals surface area contributed by atoms with Crippen LogP contribution in [0, 0.1) is 19.7 Å². The second-order valence-electron chi connectivity index (χ2n) is 3.74. The number of carboxylic acid groups (broad SMARTS) is 1. The van der Waals surface area contributed by atoms with E-state index < -0.39 is 17.8 Å². The topological polar surface area (TPSA) is 63.3 Å². The Hall–Kier alpha value is -1.13. The first-order chi connectivity index (χ1) is 7.34. The van der Waals surface area contributed by atoms with Crippen LogP contribution in [-0.4, -0.2) is 17.1 Å². The molecule has 0 amide bonds. The summed E-state index contributed by atoms with van der Waals surface area (Å²) in [5.74, 6) is -1.59. The summed E-state index contributed by atoms with van der Waals surface area (Å²) in [4.78, 5) is 10.6. The molecule has 0 aliphatic carbocycles. The average molecular weight is 246 g/mol. The van der Waals surface area contributed by atoms with Crippen LogP contribution in [0.15, 0.2) is 6.07 Å². The predicted molar refractivity (Wildman–Crippen MR) is 60.2 cm³/mol. The SMILES string of the molecule is Cc1cc(Cl)c(C)c(CC(N)C(=O)O)c1F. The summed E-state index contributed by atoms with van der Waals surface area (Å²) in [6, 6.07) is 0.397. The summed E-state index contributed by atoms with van der Waals surface area (Å²) < 4.78 is 13.8. The van der Waals surface area contributed by atoms with Crippen LogP contribution in [0.1, 0.15) is 16.7 Å². The van der Waals surface area contributed by atoms with Crippen molar-refractivity contribution in [3.8, 4) is 0 Å². The lowest BCUT2D eigenvalue weighted by Crippen LogP contribution is -2.33.